The van der Waals surface area contributed by atoms with Gasteiger partial charge in [0.15, 0.2) is 0 Å². The Morgan fingerprint density at radius 1 is 1.36 bits per heavy atom. The smallest absolute Gasteiger partial charge is 0.0702 e. The van der Waals surface area contributed by atoms with Gasteiger partial charge in [0.2, 0.25) is 0 Å². The summed E-state index contributed by atoms with van der Waals surface area (Å²) in [6.07, 6.45) is 1.87. The lowest BCUT2D eigenvalue weighted by atomic mass is 10.2. The molecule has 14 heavy (non-hydrogen) atoms. The molecule has 0 aliphatic rings. The van der Waals surface area contributed by atoms with Gasteiger partial charge in [-0.3, -0.25) is 0 Å². The van der Waals surface area contributed by atoms with Gasteiger partial charge in [-0.2, -0.15) is 0 Å². The van der Waals surface area contributed by atoms with E-state index in [4.69, 9.17) is 10.2 Å². The molecular formula is C11H12NO2. The zero-order valence-corrected chi connectivity index (χ0v) is 7.77. The van der Waals surface area contributed by atoms with Gasteiger partial charge in [-0.05, 0) is 18.2 Å². The Morgan fingerprint density at radius 3 is 2.93 bits per heavy atom. The van der Waals surface area contributed by atoms with E-state index in [1.165, 1.54) is 0 Å². The second-order valence-electron chi connectivity index (χ2n) is 3.17. The minimum Gasteiger partial charge on any atom is -0.395 e. The molecule has 1 aromatic heterocycles. The van der Waals surface area contributed by atoms with Crippen LogP contribution in [-0.2, 0) is 13.2 Å². The maximum Gasteiger partial charge on any atom is 0.0702 e. The summed E-state index contributed by atoms with van der Waals surface area (Å²) in [5.74, 6) is 0. The first-order chi connectivity index (χ1) is 6.86. The van der Waals surface area contributed by atoms with Crippen molar-refractivity contribution in [1.29, 1.82) is 0 Å². The highest BCUT2D eigenvalue weighted by molar-refractivity contribution is 5.83. The van der Waals surface area contributed by atoms with Gasteiger partial charge >= 0.3 is 0 Å². The number of aromatic nitrogens is 1. The first-order valence-electron chi connectivity index (χ1n) is 4.56. The summed E-state index contributed by atoms with van der Waals surface area (Å²) in [5.41, 5.74) is 1.91. The van der Waals surface area contributed by atoms with Crippen molar-refractivity contribution in [3.8, 4) is 0 Å². The number of rotatable bonds is 3. The molecule has 2 N–H and O–H groups in total. The van der Waals surface area contributed by atoms with Gasteiger partial charge in [0.1, 0.15) is 0 Å². The Kier molecular flexibility index (Phi) is 2.52. The number of hydrogen-bond acceptors (Lipinski definition) is 2. The monoisotopic (exact) mass is 190 g/mol. The Bertz CT molecular complexity index is 434. The highest BCUT2D eigenvalue weighted by Crippen LogP contribution is 2.20. The third-order valence-electron chi connectivity index (χ3n) is 2.32. The number of benzene rings is 1. The van der Waals surface area contributed by atoms with Gasteiger partial charge in [-0.25, -0.2) is 0 Å². The molecule has 0 fully saturated rings. The van der Waals surface area contributed by atoms with Crippen molar-refractivity contribution in [3.63, 3.8) is 0 Å². The average Bonchev–Trinajstić information content (AvgIpc) is 2.58. The molecule has 0 atom stereocenters. The molecule has 0 spiro atoms. The van der Waals surface area contributed by atoms with Crippen LogP contribution >= 0.6 is 0 Å². The fourth-order valence-electron chi connectivity index (χ4n) is 1.68. The number of aliphatic hydroxyl groups excluding tert-OH is 2. The standard InChI is InChI=1S/C11H12NO2/c13-6-5-12-7-9(8-14)10-3-1-2-4-11(10)12/h2-4,7,13-14H,5-6,8H2. The molecule has 2 aromatic rings. The third kappa shape index (κ3) is 1.41. The maximum absolute atomic E-state index is 9.13. The fourth-order valence-corrected chi connectivity index (χ4v) is 1.68. The minimum absolute atomic E-state index is 0.0206. The summed E-state index contributed by atoms with van der Waals surface area (Å²) in [5, 5.41) is 19.0. The second kappa shape index (κ2) is 3.82. The van der Waals surface area contributed by atoms with E-state index < -0.39 is 0 Å². The van der Waals surface area contributed by atoms with Gasteiger partial charge in [0.25, 0.3) is 0 Å². The summed E-state index contributed by atoms with van der Waals surface area (Å²) in [6, 6.07) is 8.60. The largest absolute Gasteiger partial charge is 0.395 e. The predicted octanol–water partition coefficient (Wildman–Crippen LogP) is 0.926. The molecule has 2 rings (SSSR count). The van der Waals surface area contributed by atoms with E-state index in [0.717, 1.165) is 16.5 Å². The number of hydrogen-bond donors (Lipinski definition) is 2. The van der Waals surface area contributed by atoms with Crippen molar-refractivity contribution in [3.05, 3.63) is 36.0 Å². The first-order valence-corrected chi connectivity index (χ1v) is 4.56. The fraction of sp³-hybridized carbons (Fsp3) is 0.273. The van der Waals surface area contributed by atoms with E-state index in [9.17, 15) is 0 Å². The summed E-state index contributed by atoms with van der Waals surface area (Å²) < 4.78 is 1.94. The average molecular weight is 190 g/mol. The molecular weight excluding hydrogens is 178 g/mol. The molecule has 0 unspecified atom stereocenters. The lowest BCUT2D eigenvalue weighted by Crippen LogP contribution is -1.99. The third-order valence-corrected chi connectivity index (χ3v) is 2.32. The van der Waals surface area contributed by atoms with E-state index >= 15 is 0 Å². The van der Waals surface area contributed by atoms with E-state index in [2.05, 4.69) is 6.07 Å². The Hall–Kier alpha value is -1.32. The topological polar surface area (TPSA) is 45.4 Å². The molecule has 3 heteroatoms. The van der Waals surface area contributed by atoms with Crippen molar-refractivity contribution in [1.82, 2.24) is 4.57 Å². The van der Waals surface area contributed by atoms with E-state index in [0.29, 0.717) is 6.54 Å². The molecule has 0 saturated heterocycles. The predicted molar refractivity (Wildman–Crippen MR) is 53.8 cm³/mol. The van der Waals surface area contributed by atoms with E-state index in [1.54, 1.807) is 0 Å². The zero-order chi connectivity index (χ0) is 9.97. The lowest BCUT2D eigenvalue weighted by molar-refractivity contribution is 0.274. The Morgan fingerprint density at radius 2 is 2.21 bits per heavy atom. The normalized spacial score (nSPS) is 11.0. The number of aliphatic hydroxyl groups is 2. The van der Waals surface area contributed by atoms with Crippen LogP contribution in [0.4, 0.5) is 0 Å². The van der Waals surface area contributed by atoms with Crippen LogP contribution in [-0.4, -0.2) is 21.4 Å². The van der Waals surface area contributed by atoms with Gasteiger partial charge in [-0.1, -0.05) is 6.07 Å². The summed E-state index contributed by atoms with van der Waals surface area (Å²) in [7, 11) is 0. The van der Waals surface area contributed by atoms with Crippen LogP contribution in [0.25, 0.3) is 10.9 Å². The Labute approximate surface area is 82.2 Å². The van der Waals surface area contributed by atoms with Crippen molar-refractivity contribution in [2.45, 2.75) is 13.2 Å². The minimum atomic E-state index is 0.0206. The highest BCUT2D eigenvalue weighted by atomic mass is 16.3. The van der Waals surface area contributed by atoms with Crippen LogP contribution in [0.15, 0.2) is 24.4 Å². The zero-order valence-electron chi connectivity index (χ0n) is 7.77. The van der Waals surface area contributed by atoms with Crippen molar-refractivity contribution in [2.75, 3.05) is 6.61 Å². The van der Waals surface area contributed by atoms with Crippen molar-refractivity contribution in [2.24, 2.45) is 0 Å². The van der Waals surface area contributed by atoms with Crippen LogP contribution in [0.1, 0.15) is 5.56 Å². The molecule has 0 amide bonds. The molecule has 1 aromatic carbocycles. The van der Waals surface area contributed by atoms with Crippen molar-refractivity contribution < 1.29 is 10.2 Å². The van der Waals surface area contributed by atoms with Gasteiger partial charge in [0, 0.05) is 29.2 Å². The second-order valence-corrected chi connectivity index (χ2v) is 3.17. The maximum atomic E-state index is 9.13. The molecule has 1 radical (unpaired) electrons. The quantitative estimate of drug-likeness (QED) is 0.756. The van der Waals surface area contributed by atoms with E-state index in [1.807, 2.05) is 29.0 Å². The molecule has 73 valence electrons. The highest BCUT2D eigenvalue weighted by Gasteiger charge is 2.05. The lowest BCUT2D eigenvalue weighted by Gasteiger charge is -2.00. The van der Waals surface area contributed by atoms with Crippen LogP contribution in [0.5, 0.6) is 0 Å². The Balaban J connectivity index is 2.61. The number of fused-ring (bicyclic) bond motifs is 1. The number of nitrogens with zero attached hydrogens (tertiary/aromatic N) is 1. The van der Waals surface area contributed by atoms with Crippen LogP contribution in [0.2, 0.25) is 0 Å². The summed E-state index contributed by atoms with van der Waals surface area (Å²) in [4.78, 5) is 0. The van der Waals surface area contributed by atoms with Crippen LogP contribution in [0.3, 0.4) is 0 Å². The molecule has 0 aliphatic heterocycles. The molecule has 1 heterocycles. The van der Waals surface area contributed by atoms with Crippen molar-refractivity contribution >= 4 is 10.9 Å². The van der Waals surface area contributed by atoms with E-state index in [-0.39, 0.29) is 13.2 Å². The molecule has 0 saturated carbocycles. The van der Waals surface area contributed by atoms with Crippen LogP contribution < -0.4 is 0 Å². The molecule has 0 bridgehead atoms. The van der Waals surface area contributed by atoms with Gasteiger partial charge in [-0.15, -0.1) is 0 Å². The van der Waals surface area contributed by atoms with Gasteiger partial charge < -0.3 is 14.8 Å². The molecule has 0 aliphatic carbocycles. The molecule has 3 nitrogen and oxygen atoms in total. The summed E-state index contributed by atoms with van der Waals surface area (Å²) >= 11 is 0. The van der Waals surface area contributed by atoms with Gasteiger partial charge in [0.05, 0.1) is 13.2 Å². The summed E-state index contributed by atoms with van der Waals surface area (Å²) in [6.45, 7) is 0.681. The van der Waals surface area contributed by atoms with Crippen LogP contribution in [0, 0.1) is 6.07 Å². The SMILES string of the molecule is OCCn1cc(CO)c2c[c]ccc21. The first kappa shape index (κ1) is 9.24.